The van der Waals surface area contributed by atoms with Crippen LogP contribution in [0.5, 0.6) is 0 Å². The van der Waals surface area contributed by atoms with E-state index in [1.54, 1.807) is 10.9 Å². The van der Waals surface area contributed by atoms with Crippen molar-refractivity contribution < 1.29 is 4.57 Å². The van der Waals surface area contributed by atoms with Gasteiger partial charge in [0.1, 0.15) is 6.54 Å². The van der Waals surface area contributed by atoms with E-state index in [4.69, 9.17) is 0 Å². The number of rotatable bonds is 15. The summed E-state index contributed by atoms with van der Waals surface area (Å²) in [6.45, 7) is 12.4. The van der Waals surface area contributed by atoms with Crippen molar-refractivity contribution in [2.24, 2.45) is 0 Å². The molecule has 0 bridgehead atoms. The summed E-state index contributed by atoms with van der Waals surface area (Å²) < 4.78 is 2.26. The van der Waals surface area contributed by atoms with Gasteiger partial charge in [-0.2, -0.15) is 12.6 Å². The molecule has 0 saturated heterocycles. The zero-order valence-electron chi connectivity index (χ0n) is 24.7. The summed E-state index contributed by atoms with van der Waals surface area (Å²) in [7, 11) is 0. The first-order valence-electron chi connectivity index (χ1n) is 15.3. The highest BCUT2D eigenvalue weighted by Crippen LogP contribution is 2.23. The molecule has 3 aromatic rings. The van der Waals surface area contributed by atoms with Crippen LogP contribution in [0.1, 0.15) is 96.1 Å². The van der Waals surface area contributed by atoms with Gasteiger partial charge in [0.2, 0.25) is 0 Å². The maximum atomic E-state index is 2.39. The molecule has 0 amide bonds. The standard InChI is InChI=1S/C22H32B.C13H22N/c1-5-7-17-23(18-8-6-2,21-13-9-19(3)10-14-21)22-15-11-20(4)12-16-22;1-2-3-4-5-6-8-11-14-12-9-7-10-13-14/h9-16H,5-8,17-18H2,1-4H3;7,9-10,12-13H,2-6,8,11H2,1H3/q-1;+1. The van der Waals surface area contributed by atoms with Crippen LogP contribution in [0.4, 0.5) is 0 Å². The number of aromatic nitrogens is 1. The third-order valence-electron chi connectivity index (χ3n) is 8.08. The van der Waals surface area contributed by atoms with Crippen LogP contribution in [0.25, 0.3) is 0 Å². The molecule has 0 aliphatic heterocycles. The molecule has 37 heavy (non-hydrogen) atoms. The van der Waals surface area contributed by atoms with Crippen molar-refractivity contribution in [2.75, 3.05) is 0 Å². The molecule has 0 saturated carbocycles. The molecule has 1 nitrogen and oxygen atoms in total. The minimum atomic E-state index is -0.640. The largest absolute Gasteiger partial charge is 0.205 e. The summed E-state index contributed by atoms with van der Waals surface area (Å²) in [5, 5.41) is 0. The highest BCUT2D eigenvalue weighted by Gasteiger charge is 2.26. The van der Waals surface area contributed by atoms with Crippen LogP contribution in [-0.2, 0) is 6.54 Å². The van der Waals surface area contributed by atoms with Gasteiger partial charge in [-0.15, -0.1) is 0 Å². The minimum absolute atomic E-state index is 0.640. The highest BCUT2D eigenvalue weighted by atomic mass is 14.9. The van der Waals surface area contributed by atoms with Crippen molar-refractivity contribution in [2.45, 2.75) is 118 Å². The lowest BCUT2D eigenvalue weighted by atomic mass is 9.15. The Bertz CT molecular complexity index is 891. The van der Waals surface area contributed by atoms with E-state index in [2.05, 4.69) is 118 Å². The van der Waals surface area contributed by atoms with Gasteiger partial charge < -0.3 is 0 Å². The van der Waals surface area contributed by atoms with Crippen molar-refractivity contribution >= 4 is 17.1 Å². The Hall–Kier alpha value is -2.35. The number of hydrogen-bond acceptors (Lipinski definition) is 0. The predicted molar refractivity (Wildman–Crippen MR) is 167 cm³/mol. The monoisotopic (exact) mass is 499 g/mol. The van der Waals surface area contributed by atoms with Gasteiger partial charge >= 0.3 is 0 Å². The maximum Gasteiger partial charge on any atom is 0.168 e. The average Bonchev–Trinajstić information content (AvgIpc) is 2.93. The van der Waals surface area contributed by atoms with Crippen LogP contribution in [0.15, 0.2) is 79.1 Å². The fourth-order valence-electron chi connectivity index (χ4n) is 5.64. The first-order chi connectivity index (χ1) is 18.1. The highest BCUT2D eigenvalue weighted by molar-refractivity contribution is 7.02. The van der Waals surface area contributed by atoms with E-state index >= 15 is 0 Å². The molecule has 1 heterocycles. The number of pyridine rings is 1. The maximum absolute atomic E-state index is 2.39. The van der Waals surface area contributed by atoms with Crippen molar-refractivity contribution in [1.82, 2.24) is 0 Å². The first kappa shape index (κ1) is 30.9. The zero-order chi connectivity index (χ0) is 26.8. The van der Waals surface area contributed by atoms with E-state index in [0.717, 1.165) is 0 Å². The lowest BCUT2D eigenvalue weighted by molar-refractivity contribution is -0.697. The molecular weight excluding hydrogens is 445 g/mol. The average molecular weight is 500 g/mol. The third kappa shape index (κ3) is 10.9. The fourth-order valence-corrected chi connectivity index (χ4v) is 5.64. The molecule has 0 N–H and O–H groups in total. The van der Waals surface area contributed by atoms with Crippen molar-refractivity contribution in [3.63, 3.8) is 0 Å². The van der Waals surface area contributed by atoms with Gasteiger partial charge in [0, 0.05) is 18.6 Å². The Balaban J connectivity index is 0.000000294. The molecule has 0 unspecified atom stereocenters. The van der Waals surface area contributed by atoms with Crippen LogP contribution in [0, 0.1) is 13.8 Å². The van der Waals surface area contributed by atoms with Crippen LogP contribution in [0.2, 0.25) is 12.6 Å². The Kier molecular flexibility index (Phi) is 15.0. The molecule has 0 aliphatic rings. The fraction of sp³-hybridized carbons (Fsp3) is 0.514. The van der Waals surface area contributed by atoms with Gasteiger partial charge in [-0.25, -0.2) is 15.5 Å². The van der Waals surface area contributed by atoms with Crippen LogP contribution >= 0.6 is 0 Å². The Labute approximate surface area is 229 Å². The molecule has 202 valence electrons. The summed E-state index contributed by atoms with van der Waals surface area (Å²) >= 11 is 0. The molecule has 0 atom stereocenters. The molecular formula is C35H54BN. The van der Waals surface area contributed by atoms with E-state index in [1.807, 2.05) is 0 Å². The van der Waals surface area contributed by atoms with Gasteiger partial charge in [-0.3, -0.25) is 0 Å². The van der Waals surface area contributed by atoms with Crippen LogP contribution < -0.4 is 15.5 Å². The number of hydrogen-bond donors (Lipinski definition) is 0. The number of benzene rings is 2. The normalized spacial score (nSPS) is 11.2. The molecule has 0 fully saturated rings. The zero-order valence-corrected chi connectivity index (χ0v) is 24.7. The van der Waals surface area contributed by atoms with Gasteiger partial charge in [0.15, 0.2) is 12.4 Å². The van der Waals surface area contributed by atoms with E-state index < -0.39 is 6.15 Å². The van der Waals surface area contributed by atoms with E-state index in [1.165, 1.54) is 94.5 Å². The minimum Gasteiger partial charge on any atom is -0.205 e. The van der Waals surface area contributed by atoms with Gasteiger partial charge in [-0.05, 0) is 20.3 Å². The number of nitrogens with zero attached hydrogens (tertiary/aromatic N) is 1. The Morgan fingerprint density at radius 1 is 0.514 bits per heavy atom. The van der Waals surface area contributed by atoms with Crippen molar-refractivity contribution in [3.8, 4) is 0 Å². The van der Waals surface area contributed by atoms with Crippen molar-refractivity contribution in [3.05, 3.63) is 90.3 Å². The molecule has 0 aliphatic carbocycles. The molecule has 0 radical (unpaired) electrons. The van der Waals surface area contributed by atoms with Gasteiger partial charge in [0.25, 0.3) is 0 Å². The van der Waals surface area contributed by atoms with Crippen molar-refractivity contribution in [1.29, 1.82) is 0 Å². The summed E-state index contributed by atoms with van der Waals surface area (Å²) in [6, 6.07) is 25.0. The summed E-state index contributed by atoms with van der Waals surface area (Å²) in [4.78, 5) is 0. The lowest BCUT2D eigenvalue weighted by Crippen LogP contribution is -2.58. The quantitative estimate of drug-likeness (QED) is 0.112. The van der Waals surface area contributed by atoms with Crippen LogP contribution in [-0.4, -0.2) is 6.15 Å². The molecule has 2 heteroatoms. The van der Waals surface area contributed by atoms with Gasteiger partial charge in [0.05, 0.1) is 6.15 Å². The second-order valence-electron chi connectivity index (χ2n) is 11.2. The predicted octanol–water partition coefficient (Wildman–Crippen LogP) is 8.80. The van der Waals surface area contributed by atoms with E-state index in [0.29, 0.717) is 0 Å². The molecule has 2 aromatic carbocycles. The summed E-state index contributed by atoms with van der Waals surface area (Å²) in [5.74, 6) is 0. The smallest absolute Gasteiger partial charge is 0.168 e. The number of unbranched alkanes of at least 4 members (excludes halogenated alkanes) is 7. The second-order valence-corrected chi connectivity index (χ2v) is 11.2. The van der Waals surface area contributed by atoms with Gasteiger partial charge in [-0.1, -0.05) is 138 Å². The first-order valence-corrected chi connectivity index (χ1v) is 15.3. The molecule has 0 spiro atoms. The third-order valence-corrected chi connectivity index (χ3v) is 8.08. The summed E-state index contributed by atoms with van der Waals surface area (Å²) in [6.07, 6.45) is 19.7. The van der Waals surface area contributed by atoms with Crippen LogP contribution in [0.3, 0.4) is 0 Å². The molecule has 3 rings (SSSR count). The Morgan fingerprint density at radius 2 is 0.946 bits per heavy atom. The lowest BCUT2D eigenvalue weighted by Gasteiger charge is -2.42. The second kappa shape index (κ2) is 18.0. The SMILES string of the molecule is CCCCCCCC[n+]1ccccc1.CCCC[B-](CCCC)(c1ccc(C)cc1)c1ccc(C)cc1. The van der Waals surface area contributed by atoms with E-state index in [9.17, 15) is 0 Å². The number of aryl methyl sites for hydroxylation is 3. The summed E-state index contributed by atoms with van der Waals surface area (Å²) in [5.41, 5.74) is 5.82. The molecule has 1 aromatic heterocycles. The van der Waals surface area contributed by atoms with E-state index in [-0.39, 0.29) is 0 Å². The Morgan fingerprint density at radius 3 is 1.41 bits per heavy atom. The topological polar surface area (TPSA) is 3.88 Å².